The van der Waals surface area contributed by atoms with Gasteiger partial charge in [0.15, 0.2) is 0 Å². The van der Waals surface area contributed by atoms with E-state index in [4.69, 9.17) is 0 Å². The fourth-order valence-corrected chi connectivity index (χ4v) is 4.80. The molecule has 0 fully saturated rings. The standard InChI is InChI=1S/C12H18N4O3S2/c1-6-11(20-9(4)13-6)7(2)16-21(18,19)12-8(3)14-15-10(12)5-17/h7,16-17H,5H2,1-4H3,(H,14,15). The second-order valence-corrected chi connectivity index (χ2v) is 7.69. The molecule has 9 heteroatoms. The van der Waals surface area contributed by atoms with Gasteiger partial charge >= 0.3 is 0 Å². The maximum Gasteiger partial charge on any atom is 0.244 e. The van der Waals surface area contributed by atoms with Gasteiger partial charge in [-0.25, -0.2) is 18.1 Å². The van der Waals surface area contributed by atoms with Gasteiger partial charge in [-0.1, -0.05) is 0 Å². The van der Waals surface area contributed by atoms with Gasteiger partial charge in [0, 0.05) is 4.88 Å². The zero-order valence-corrected chi connectivity index (χ0v) is 13.9. The van der Waals surface area contributed by atoms with Crippen LogP contribution in [0.5, 0.6) is 0 Å². The smallest absolute Gasteiger partial charge is 0.244 e. The molecule has 2 rings (SSSR count). The fourth-order valence-electron chi connectivity index (χ4n) is 2.23. The van der Waals surface area contributed by atoms with Gasteiger partial charge in [-0.15, -0.1) is 11.3 Å². The van der Waals surface area contributed by atoms with Crippen molar-refractivity contribution in [3.05, 3.63) is 27.0 Å². The maximum atomic E-state index is 12.5. The van der Waals surface area contributed by atoms with Crippen molar-refractivity contribution < 1.29 is 13.5 Å². The van der Waals surface area contributed by atoms with Crippen LogP contribution in [0, 0.1) is 20.8 Å². The van der Waals surface area contributed by atoms with Gasteiger partial charge < -0.3 is 5.11 Å². The van der Waals surface area contributed by atoms with E-state index in [2.05, 4.69) is 19.9 Å². The average Bonchev–Trinajstić information content (AvgIpc) is 2.91. The Bertz CT molecular complexity index is 749. The third kappa shape index (κ3) is 3.15. The van der Waals surface area contributed by atoms with E-state index in [-0.39, 0.29) is 10.6 Å². The van der Waals surface area contributed by atoms with Crippen molar-refractivity contribution in [3.8, 4) is 0 Å². The van der Waals surface area contributed by atoms with Gasteiger partial charge in [-0.2, -0.15) is 5.10 Å². The van der Waals surface area contributed by atoms with Crippen molar-refractivity contribution in [3.63, 3.8) is 0 Å². The van der Waals surface area contributed by atoms with Crippen LogP contribution in [0.2, 0.25) is 0 Å². The predicted octanol–water partition coefficient (Wildman–Crippen LogP) is 1.32. The minimum Gasteiger partial charge on any atom is -0.390 e. The largest absolute Gasteiger partial charge is 0.390 e. The van der Waals surface area contributed by atoms with Gasteiger partial charge in [0.05, 0.1) is 29.0 Å². The van der Waals surface area contributed by atoms with Crippen LogP contribution in [0.1, 0.15) is 39.9 Å². The zero-order valence-electron chi connectivity index (χ0n) is 12.3. The lowest BCUT2D eigenvalue weighted by Gasteiger charge is -2.13. The van der Waals surface area contributed by atoms with E-state index in [1.165, 1.54) is 11.3 Å². The molecule has 116 valence electrons. The van der Waals surface area contributed by atoms with Crippen molar-refractivity contribution in [1.29, 1.82) is 0 Å². The summed E-state index contributed by atoms with van der Waals surface area (Å²) in [6, 6.07) is -0.401. The third-order valence-corrected chi connectivity index (χ3v) is 6.04. The fraction of sp³-hybridized carbons (Fsp3) is 0.500. The summed E-state index contributed by atoms with van der Waals surface area (Å²) in [6.45, 7) is 6.67. The van der Waals surface area contributed by atoms with Crippen LogP contribution in [0.3, 0.4) is 0 Å². The first-order valence-corrected chi connectivity index (χ1v) is 8.67. The Hall–Kier alpha value is -1.29. The summed E-state index contributed by atoms with van der Waals surface area (Å²) < 4.78 is 27.6. The van der Waals surface area contributed by atoms with E-state index in [9.17, 15) is 13.5 Å². The Morgan fingerprint density at radius 2 is 2.05 bits per heavy atom. The Morgan fingerprint density at radius 3 is 2.57 bits per heavy atom. The van der Waals surface area contributed by atoms with Crippen LogP contribution in [-0.2, 0) is 16.6 Å². The minimum atomic E-state index is -3.77. The number of aromatic amines is 1. The molecular weight excluding hydrogens is 312 g/mol. The SMILES string of the molecule is Cc1nc(C)c(C(C)NS(=O)(=O)c2c(CO)n[nH]c2C)s1. The van der Waals surface area contributed by atoms with Gasteiger partial charge in [0.25, 0.3) is 0 Å². The number of aryl methyl sites for hydroxylation is 3. The molecule has 3 N–H and O–H groups in total. The van der Waals surface area contributed by atoms with E-state index in [1.807, 2.05) is 13.8 Å². The van der Waals surface area contributed by atoms with Crippen molar-refractivity contribution >= 4 is 21.4 Å². The van der Waals surface area contributed by atoms with Crippen molar-refractivity contribution in [2.45, 2.75) is 45.2 Å². The Labute approximate surface area is 127 Å². The first-order valence-electron chi connectivity index (χ1n) is 6.37. The highest BCUT2D eigenvalue weighted by Crippen LogP contribution is 2.27. The summed E-state index contributed by atoms with van der Waals surface area (Å²) in [5.41, 5.74) is 1.33. The maximum absolute atomic E-state index is 12.5. The molecule has 0 saturated heterocycles. The Morgan fingerprint density at radius 1 is 1.38 bits per heavy atom. The molecule has 0 spiro atoms. The van der Waals surface area contributed by atoms with Gasteiger partial charge in [-0.3, -0.25) is 5.10 Å². The molecule has 2 aromatic heterocycles. The molecule has 0 amide bonds. The highest BCUT2D eigenvalue weighted by atomic mass is 32.2. The molecule has 7 nitrogen and oxygen atoms in total. The van der Waals surface area contributed by atoms with Gasteiger partial charge in [-0.05, 0) is 27.7 Å². The molecular formula is C12H18N4O3S2. The number of nitrogens with one attached hydrogen (secondary N) is 2. The van der Waals surface area contributed by atoms with Crippen LogP contribution in [0.4, 0.5) is 0 Å². The van der Waals surface area contributed by atoms with E-state index in [1.54, 1.807) is 13.8 Å². The van der Waals surface area contributed by atoms with Crippen LogP contribution < -0.4 is 4.72 Å². The molecule has 1 atom stereocenters. The van der Waals surface area contributed by atoms with E-state index >= 15 is 0 Å². The second kappa shape index (κ2) is 5.84. The van der Waals surface area contributed by atoms with Crippen molar-refractivity contribution in [1.82, 2.24) is 19.9 Å². The van der Waals surface area contributed by atoms with E-state index in [0.717, 1.165) is 15.6 Å². The molecule has 2 heterocycles. The highest BCUT2D eigenvalue weighted by molar-refractivity contribution is 7.89. The lowest BCUT2D eigenvalue weighted by Crippen LogP contribution is -2.28. The first-order chi connectivity index (χ1) is 9.76. The number of rotatable bonds is 5. The summed E-state index contributed by atoms with van der Waals surface area (Å²) in [7, 11) is -3.77. The summed E-state index contributed by atoms with van der Waals surface area (Å²) in [5, 5.41) is 16.5. The average molecular weight is 330 g/mol. The highest BCUT2D eigenvalue weighted by Gasteiger charge is 2.27. The summed E-state index contributed by atoms with van der Waals surface area (Å²) in [4.78, 5) is 5.19. The number of sulfonamides is 1. The topological polar surface area (TPSA) is 108 Å². The summed E-state index contributed by atoms with van der Waals surface area (Å²) in [5.74, 6) is 0. The molecule has 0 bridgehead atoms. The molecule has 0 aliphatic heterocycles. The lowest BCUT2D eigenvalue weighted by molar-refractivity contribution is 0.273. The molecule has 2 aromatic rings. The van der Waals surface area contributed by atoms with E-state index < -0.39 is 22.7 Å². The molecule has 0 aliphatic rings. The molecule has 21 heavy (non-hydrogen) atoms. The number of aromatic nitrogens is 3. The lowest BCUT2D eigenvalue weighted by atomic mass is 10.2. The number of H-pyrrole nitrogens is 1. The quantitative estimate of drug-likeness (QED) is 0.766. The Kier molecular flexibility index (Phi) is 4.47. The molecule has 0 aromatic carbocycles. The zero-order chi connectivity index (χ0) is 15.8. The van der Waals surface area contributed by atoms with Crippen molar-refractivity contribution in [2.75, 3.05) is 0 Å². The van der Waals surface area contributed by atoms with E-state index in [0.29, 0.717) is 5.69 Å². The van der Waals surface area contributed by atoms with Gasteiger partial charge in [0.2, 0.25) is 10.0 Å². The molecule has 0 saturated carbocycles. The Balaban J connectivity index is 2.33. The van der Waals surface area contributed by atoms with Crippen LogP contribution >= 0.6 is 11.3 Å². The minimum absolute atomic E-state index is 0.00994. The number of hydrogen-bond acceptors (Lipinski definition) is 6. The number of thiazole rings is 1. The predicted molar refractivity (Wildman–Crippen MR) is 79.6 cm³/mol. The van der Waals surface area contributed by atoms with Crippen LogP contribution in [0.25, 0.3) is 0 Å². The molecule has 1 unspecified atom stereocenters. The number of hydrogen-bond donors (Lipinski definition) is 3. The number of nitrogens with zero attached hydrogens (tertiary/aromatic N) is 2. The third-order valence-electron chi connectivity index (χ3n) is 3.04. The summed E-state index contributed by atoms with van der Waals surface area (Å²) >= 11 is 1.46. The second-order valence-electron chi connectivity index (χ2n) is 4.81. The van der Waals surface area contributed by atoms with Gasteiger partial charge in [0.1, 0.15) is 10.6 Å². The van der Waals surface area contributed by atoms with Crippen LogP contribution in [0.15, 0.2) is 4.90 Å². The number of aliphatic hydroxyl groups is 1. The number of aliphatic hydroxyl groups excluding tert-OH is 1. The normalized spacial score (nSPS) is 13.6. The first kappa shape index (κ1) is 16.1. The summed E-state index contributed by atoms with van der Waals surface area (Å²) in [6.07, 6.45) is 0. The molecule has 0 aliphatic carbocycles. The van der Waals surface area contributed by atoms with Crippen molar-refractivity contribution in [2.24, 2.45) is 0 Å². The monoisotopic (exact) mass is 330 g/mol. The van der Waals surface area contributed by atoms with Crippen LogP contribution in [-0.4, -0.2) is 28.7 Å². The molecule has 0 radical (unpaired) electrons.